The molecule has 0 saturated heterocycles. The molecule has 2 aromatic rings. The molecule has 2 N–H and O–H groups in total. The highest BCUT2D eigenvalue weighted by atomic mass is 35.5. The number of aromatic nitrogens is 1. The molecule has 108 valence electrons. The molecule has 0 unspecified atom stereocenters. The standard InChI is InChI=1S/C14H11ClN2O3S/c1-8-13(9-2-4-10(15)5-3-9)17-14(21-8)16-11(18)6-7-12(19)20/h2-7H,1H3,(H,19,20)(H,16,17,18)/b7-6+. The number of carbonyl (C=O) groups excluding carboxylic acids is 1. The molecule has 1 aromatic carbocycles. The fourth-order valence-electron chi connectivity index (χ4n) is 1.62. The molecule has 0 spiro atoms. The van der Waals surface area contributed by atoms with Crippen LogP contribution >= 0.6 is 22.9 Å². The van der Waals surface area contributed by atoms with Crippen LogP contribution in [0.4, 0.5) is 5.13 Å². The number of halogens is 1. The van der Waals surface area contributed by atoms with Gasteiger partial charge in [0.05, 0.1) is 5.69 Å². The van der Waals surface area contributed by atoms with Crippen molar-refractivity contribution in [2.75, 3.05) is 5.32 Å². The number of hydrogen-bond donors (Lipinski definition) is 2. The van der Waals surface area contributed by atoms with Crippen molar-refractivity contribution >= 4 is 39.9 Å². The molecule has 0 radical (unpaired) electrons. The van der Waals surface area contributed by atoms with E-state index in [1.165, 1.54) is 11.3 Å². The first-order chi connectivity index (χ1) is 9.95. The zero-order valence-electron chi connectivity index (χ0n) is 11.0. The van der Waals surface area contributed by atoms with Crippen LogP contribution < -0.4 is 5.32 Å². The van der Waals surface area contributed by atoms with Gasteiger partial charge in [0.15, 0.2) is 5.13 Å². The van der Waals surface area contributed by atoms with Crippen LogP contribution in [0.5, 0.6) is 0 Å². The van der Waals surface area contributed by atoms with Gasteiger partial charge in [0.25, 0.3) is 0 Å². The van der Waals surface area contributed by atoms with Gasteiger partial charge in [-0.25, -0.2) is 9.78 Å². The van der Waals surface area contributed by atoms with Crippen molar-refractivity contribution in [3.63, 3.8) is 0 Å². The van der Waals surface area contributed by atoms with Crippen molar-refractivity contribution in [2.45, 2.75) is 6.92 Å². The largest absolute Gasteiger partial charge is 0.478 e. The highest BCUT2D eigenvalue weighted by molar-refractivity contribution is 7.16. The number of aryl methyl sites for hydroxylation is 1. The number of nitrogens with one attached hydrogen (secondary N) is 1. The normalized spacial score (nSPS) is 10.8. The highest BCUT2D eigenvalue weighted by Gasteiger charge is 2.11. The molecule has 1 aromatic heterocycles. The molecule has 1 amide bonds. The Bertz CT molecular complexity index is 708. The smallest absolute Gasteiger partial charge is 0.328 e. The second-order valence-electron chi connectivity index (χ2n) is 4.09. The van der Waals surface area contributed by atoms with Gasteiger partial charge in [-0.05, 0) is 19.1 Å². The van der Waals surface area contributed by atoms with Gasteiger partial charge in [-0.15, -0.1) is 11.3 Å². The van der Waals surface area contributed by atoms with E-state index in [1.807, 2.05) is 19.1 Å². The Balaban J connectivity index is 2.17. The monoisotopic (exact) mass is 322 g/mol. The van der Waals surface area contributed by atoms with E-state index in [4.69, 9.17) is 16.7 Å². The molecule has 2 rings (SSSR count). The van der Waals surface area contributed by atoms with Gasteiger partial charge in [-0.1, -0.05) is 23.7 Å². The molecule has 0 bridgehead atoms. The third-order valence-electron chi connectivity index (χ3n) is 2.52. The average Bonchev–Trinajstić information content (AvgIpc) is 2.78. The van der Waals surface area contributed by atoms with Crippen molar-refractivity contribution in [3.05, 3.63) is 46.3 Å². The molecule has 5 nitrogen and oxygen atoms in total. The Morgan fingerprint density at radius 2 is 1.95 bits per heavy atom. The van der Waals surface area contributed by atoms with Crippen LogP contribution in [0, 0.1) is 6.92 Å². The number of benzene rings is 1. The van der Waals surface area contributed by atoms with Crippen molar-refractivity contribution in [1.29, 1.82) is 0 Å². The summed E-state index contributed by atoms with van der Waals surface area (Å²) < 4.78 is 0. The van der Waals surface area contributed by atoms with Crippen molar-refractivity contribution in [1.82, 2.24) is 4.98 Å². The molecule has 1 heterocycles. The summed E-state index contributed by atoms with van der Waals surface area (Å²) in [6, 6.07) is 7.23. The van der Waals surface area contributed by atoms with Crippen LogP contribution in [-0.2, 0) is 9.59 Å². The number of thiazole rings is 1. The zero-order chi connectivity index (χ0) is 15.4. The van der Waals surface area contributed by atoms with Gasteiger partial charge < -0.3 is 5.11 Å². The Hall–Kier alpha value is -2.18. The van der Waals surface area contributed by atoms with Crippen LogP contribution in [0.3, 0.4) is 0 Å². The van der Waals surface area contributed by atoms with E-state index >= 15 is 0 Å². The first-order valence-electron chi connectivity index (χ1n) is 5.91. The Labute approximate surface area is 129 Å². The van der Waals surface area contributed by atoms with E-state index in [9.17, 15) is 9.59 Å². The van der Waals surface area contributed by atoms with Gasteiger partial charge in [-0.2, -0.15) is 0 Å². The number of rotatable bonds is 4. The van der Waals surface area contributed by atoms with Crippen LogP contribution in [0.1, 0.15) is 4.88 Å². The van der Waals surface area contributed by atoms with E-state index < -0.39 is 11.9 Å². The van der Waals surface area contributed by atoms with E-state index in [0.717, 1.165) is 28.3 Å². The van der Waals surface area contributed by atoms with E-state index in [1.54, 1.807) is 12.1 Å². The summed E-state index contributed by atoms with van der Waals surface area (Å²) in [5, 5.41) is 12.0. The van der Waals surface area contributed by atoms with Gasteiger partial charge >= 0.3 is 5.97 Å². The number of anilines is 1. The van der Waals surface area contributed by atoms with Crippen molar-refractivity contribution in [3.8, 4) is 11.3 Å². The lowest BCUT2D eigenvalue weighted by Gasteiger charge is -1.98. The maximum Gasteiger partial charge on any atom is 0.328 e. The number of aliphatic carboxylic acids is 1. The van der Waals surface area contributed by atoms with Crippen LogP contribution in [0.25, 0.3) is 11.3 Å². The summed E-state index contributed by atoms with van der Waals surface area (Å²) in [6.45, 7) is 1.89. The first-order valence-corrected chi connectivity index (χ1v) is 7.10. The van der Waals surface area contributed by atoms with Gasteiger partial charge in [0.1, 0.15) is 0 Å². The fraction of sp³-hybridized carbons (Fsp3) is 0.0714. The lowest BCUT2D eigenvalue weighted by molar-refractivity contribution is -0.131. The molecular formula is C14H11ClN2O3S. The Morgan fingerprint density at radius 3 is 2.57 bits per heavy atom. The number of carboxylic acids is 1. The molecule has 0 aliphatic carbocycles. The summed E-state index contributed by atoms with van der Waals surface area (Å²) in [7, 11) is 0. The van der Waals surface area contributed by atoms with Crippen molar-refractivity contribution in [2.24, 2.45) is 0 Å². The van der Waals surface area contributed by atoms with Crippen LogP contribution in [0.15, 0.2) is 36.4 Å². The first kappa shape index (κ1) is 15.2. The second-order valence-corrected chi connectivity index (χ2v) is 5.73. The quantitative estimate of drug-likeness (QED) is 0.846. The molecule has 0 saturated carbocycles. The fourth-order valence-corrected chi connectivity index (χ4v) is 2.58. The molecular weight excluding hydrogens is 312 g/mol. The SMILES string of the molecule is Cc1sc(NC(=O)/C=C/C(=O)O)nc1-c1ccc(Cl)cc1. The molecule has 21 heavy (non-hydrogen) atoms. The summed E-state index contributed by atoms with van der Waals surface area (Å²) >= 11 is 7.16. The number of carboxylic acid groups (broad SMARTS) is 1. The van der Waals surface area contributed by atoms with E-state index in [-0.39, 0.29) is 0 Å². The average molecular weight is 323 g/mol. The highest BCUT2D eigenvalue weighted by Crippen LogP contribution is 2.30. The Kier molecular flexibility index (Phi) is 4.72. The Morgan fingerprint density at radius 1 is 1.29 bits per heavy atom. The maximum absolute atomic E-state index is 11.5. The summed E-state index contributed by atoms with van der Waals surface area (Å²) in [5.41, 5.74) is 1.66. The topological polar surface area (TPSA) is 79.3 Å². The zero-order valence-corrected chi connectivity index (χ0v) is 12.5. The van der Waals surface area contributed by atoms with Gasteiger partial charge in [0.2, 0.25) is 5.91 Å². The lowest BCUT2D eigenvalue weighted by atomic mass is 10.1. The third-order valence-corrected chi connectivity index (χ3v) is 3.66. The number of nitrogens with zero attached hydrogens (tertiary/aromatic N) is 1. The lowest BCUT2D eigenvalue weighted by Crippen LogP contribution is -2.08. The molecule has 0 atom stereocenters. The number of hydrogen-bond acceptors (Lipinski definition) is 4. The predicted molar refractivity (Wildman–Crippen MR) is 82.7 cm³/mol. The van der Waals surface area contributed by atoms with E-state index in [0.29, 0.717) is 10.2 Å². The minimum Gasteiger partial charge on any atom is -0.478 e. The van der Waals surface area contributed by atoms with Crippen molar-refractivity contribution < 1.29 is 14.7 Å². The minimum absolute atomic E-state index is 0.414. The summed E-state index contributed by atoms with van der Waals surface area (Å²) in [4.78, 5) is 27.1. The third kappa shape index (κ3) is 4.14. The molecule has 7 heteroatoms. The molecule has 0 aliphatic heterocycles. The van der Waals surface area contributed by atoms with E-state index in [2.05, 4.69) is 10.3 Å². The maximum atomic E-state index is 11.5. The number of amides is 1. The minimum atomic E-state index is -1.18. The molecule has 0 aliphatic rings. The van der Waals surface area contributed by atoms with Crippen LogP contribution in [-0.4, -0.2) is 22.0 Å². The summed E-state index contributed by atoms with van der Waals surface area (Å²) in [5.74, 6) is -1.71. The number of carbonyl (C=O) groups is 2. The van der Waals surface area contributed by atoms with Gasteiger partial charge in [-0.3, -0.25) is 10.1 Å². The predicted octanol–water partition coefficient (Wildman–Crippen LogP) is 3.35. The molecule has 0 fully saturated rings. The summed E-state index contributed by atoms with van der Waals surface area (Å²) in [6.07, 6.45) is 1.72. The second kappa shape index (κ2) is 6.51. The van der Waals surface area contributed by atoms with Gasteiger partial charge in [0, 0.05) is 27.6 Å². The van der Waals surface area contributed by atoms with Crippen LogP contribution in [0.2, 0.25) is 5.02 Å².